The van der Waals surface area contributed by atoms with Gasteiger partial charge in [-0.15, -0.1) is 0 Å². The molecular formula is C10H20N4O2. The summed E-state index contributed by atoms with van der Waals surface area (Å²) >= 11 is 0. The van der Waals surface area contributed by atoms with Crippen LogP contribution in [0.2, 0.25) is 0 Å². The van der Waals surface area contributed by atoms with E-state index in [4.69, 9.17) is 5.73 Å². The summed E-state index contributed by atoms with van der Waals surface area (Å²) in [7, 11) is 0. The van der Waals surface area contributed by atoms with Crippen LogP contribution in [0.3, 0.4) is 0 Å². The Balaban J connectivity index is 2.32. The first-order valence-corrected chi connectivity index (χ1v) is 5.60. The second kappa shape index (κ2) is 5.81. The molecule has 0 bridgehead atoms. The van der Waals surface area contributed by atoms with E-state index in [1.165, 1.54) is 0 Å². The van der Waals surface area contributed by atoms with E-state index < -0.39 is 12.1 Å². The molecule has 1 aliphatic heterocycles. The molecule has 0 aliphatic carbocycles. The Morgan fingerprint density at radius 3 is 2.56 bits per heavy atom. The van der Waals surface area contributed by atoms with Gasteiger partial charge >= 0.3 is 0 Å². The highest BCUT2D eigenvalue weighted by Gasteiger charge is 2.21. The molecule has 0 radical (unpaired) electrons. The fourth-order valence-corrected chi connectivity index (χ4v) is 1.51. The number of hydrogen-bond donors (Lipinski definition) is 4. The lowest BCUT2D eigenvalue weighted by molar-refractivity contribution is -0.129. The molecule has 0 aromatic heterocycles. The molecule has 16 heavy (non-hydrogen) atoms. The van der Waals surface area contributed by atoms with Crippen molar-refractivity contribution in [1.82, 2.24) is 16.0 Å². The molecule has 1 saturated heterocycles. The molecule has 3 atom stereocenters. The first kappa shape index (κ1) is 12.9. The number of amides is 2. The van der Waals surface area contributed by atoms with Crippen LogP contribution in [-0.4, -0.2) is 36.6 Å². The van der Waals surface area contributed by atoms with Crippen molar-refractivity contribution in [2.24, 2.45) is 5.73 Å². The van der Waals surface area contributed by atoms with Gasteiger partial charge < -0.3 is 16.4 Å². The molecule has 0 aromatic carbocycles. The Morgan fingerprint density at radius 2 is 2.06 bits per heavy atom. The van der Waals surface area contributed by atoms with Gasteiger partial charge in [-0.25, -0.2) is 0 Å². The molecular weight excluding hydrogens is 208 g/mol. The van der Waals surface area contributed by atoms with Crippen LogP contribution in [0.25, 0.3) is 0 Å². The van der Waals surface area contributed by atoms with Crippen molar-refractivity contribution in [2.75, 3.05) is 6.54 Å². The predicted molar refractivity (Wildman–Crippen MR) is 60.4 cm³/mol. The summed E-state index contributed by atoms with van der Waals surface area (Å²) in [6, 6.07) is -1.15. The van der Waals surface area contributed by atoms with Crippen molar-refractivity contribution < 1.29 is 9.59 Å². The minimum absolute atomic E-state index is 0.0298. The molecule has 92 valence electrons. The van der Waals surface area contributed by atoms with Crippen LogP contribution in [0, 0.1) is 0 Å². The van der Waals surface area contributed by atoms with Crippen molar-refractivity contribution in [3.63, 3.8) is 0 Å². The fourth-order valence-electron chi connectivity index (χ4n) is 1.51. The number of hydrogen-bond acceptors (Lipinski definition) is 4. The Kier molecular flexibility index (Phi) is 4.70. The van der Waals surface area contributed by atoms with Gasteiger partial charge in [0.2, 0.25) is 11.8 Å². The van der Waals surface area contributed by atoms with Crippen LogP contribution in [-0.2, 0) is 9.59 Å². The molecule has 3 unspecified atom stereocenters. The lowest BCUT2D eigenvalue weighted by atomic mass is 10.2. The normalized spacial score (nSPS) is 23.6. The number of carbonyl (C=O) groups excluding carboxylic acids is 2. The van der Waals surface area contributed by atoms with E-state index in [1.54, 1.807) is 13.8 Å². The quantitative estimate of drug-likeness (QED) is 0.479. The molecule has 1 aliphatic rings. The number of rotatable bonds is 4. The van der Waals surface area contributed by atoms with Crippen LogP contribution in [0.1, 0.15) is 26.7 Å². The van der Waals surface area contributed by atoms with E-state index in [0.717, 1.165) is 19.4 Å². The lowest BCUT2D eigenvalue weighted by Gasteiger charge is -2.18. The van der Waals surface area contributed by atoms with Crippen molar-refractivity contribution in [2.45, 2.75) is 44.9 Å². The Morgan fingerprint density at radius 1 is 1.38 bits per heavy atom. The molecule has 0 aromatic rings. The van der Waals surface area contributed by atoms with Gasteiger partial charge in [0.25, 0.3) is 0 Å². The lowest BCUT2D eigenvalue weighted by Crippen LogP contribution is -2.52. The summed E-state index contributed by atoms with van der Waals surface area (Å²) in [6.45, 7) is 4.15. The second-order valence-corrected chi connectivity index (χ2v) is 4.18. The molecule has 1 heterocycles. The molecule has 6 heteroatoms. The third-order valence-electron chi connectivity index (χ3n) is 2.54. The molecule has 1 rings (SSSR count). The molecule has 1 fully saturated rings. The van der Waals surface area contributed by atoms with Gasteiger partial charge in [0, 0.05) is 0 Å². The van der Waals surface area contributed by atoms with Crippen LogP contribution in [0.15, 0.2) is 0 Å². The maximum absolute atomic E-state index is 11.7. The maximum Gasteiger partial charge on any atom is 0.243 e. The van der Waals surface area contributed by atoms with Crippen LogP contribution in [0.4, 0.5) is 0 Å². The summed E-state index contributed by atoms with van der Waals surface area (Å²) in [6.07, 6.45) is 2.02. The Bertz CT molecular complexity index is 262. The summed E-state index contributed by atoms with van der Waals surface area (Å²) < 4.78 is 0. The largest absolute Gasteiger partial charge is 0.343 e. The number of nitrogens with one attached hydrogen (secondary N) is 3. The monoisotopic (exact) mass is 228 g/mol. The average molecular weight is 228 g/mol. The SMILES string of the molecule is CC(N)C(=O)NC(C)C(=O)NC1CCCN1. The summed E-state index contributed by atoms with van der Waals surface area (Å²) in [5, 5.41) is 8.52. The molecule has 6 nitrogen and oxygen atoms in total. The van der Waals surface area contributed by atoms with Crippen LogP contribution >= 0.6 is 0 Å². The molecule has 0 spiro atoms. The summed E-state index contributed by atoms with van der Waals surface area (Å²) in [5.74, 6) is -0.504. The predicted octanol–water partition coefficient (Wildman–Crippen LogP) is -1.34. The number of carbonyl (C=O) groups is 2. The second-order valence-electron chi connectivity index (χ2n) is 4.18. The molecule has 5 N–H and O–H groups in total. The smallest absolute Gasteiger partial charge is 0.243 e. The van der Waals surface area contributed by atoms with Gasteiger partial charge in [0.05, 0.1) is 12.2 Å². The van der Waals surface area contributed by atoms with E-state index in [-0.39, 0.29) is 18.0 Å². The highest BCUT2D eigenvalue weighted by molar-refractivity contribution is 5.89. The van der Waals surface area contributed by atoms with Gasteiger partial charge in [-0.3, -0.25) is 14.9 Å². The molecule has 0 saturated carbocycles. The van der Waals surface area contributed by atoms with E-state index in [1.807, 2.05) is 0 Å². The standard InChI is InChI=1S/C10H20N4O2/c1-6(11)9(15)13-7(2)10(16)14-8-4-3-5-12-8/h6-8,12H,3-5,11H2,1-2H3,(H,13,15)(H,14,16). The summed E-state index contributed by atoms with van der Waals surface area (Å²) in [4.78, 5) is 22.9. The zero-order valence-electron chi connectivity index (χ0n) is 9.75. The van der Waals surface area contributed by atoms with Crippen LogP contribution < -0.4 is 21.7 Å². The van der Waals surface area contributed by atoms with Gasteiger partial charge in [-0.05, 0) is 33.2 Å². The highest BCUT2D eigenvalue weighted by Crippen LogP contribution is 2.01. The Labute approximate surface area is 95.3 Å². The van der Waals surface area contributed by atoms with Gasteiger partial charge in [0.1, 0.15) is 6.04 Å². The van der Waals surface area contributed by atoms with E-state index in [9.17, 15) is 9.59 Å². The number of nitrogens with two attached hydrogens (primary N) is 1. The Hall–Kier alpha value is -1.14. The topological polar surface area (TPSA) is 96.2 Å². The van der Waals surface area contributed by atoms with Crippen molar-refractivity contribution in [1.29, 1.82) is 0 Å². The minimum atomic E-state index is -0.597. The van der Waals surface area contributed by atoms with Crippen molar-refractivity contribution in [3.05, 3.63) is 0 Å². The van der Waals surface area contributed by atoms with E-state index in [0.29, 0.717) is 0 Å². The zero-order valence-corrected chi connectivity index (χ0v) is 9.75. The maximum atomic E-state index is 11.7. The fraction of sp³-hybridized carbons (Fsp3) is 0.800. The van der Waals surface area contributed by atoms with Crippen molar-refractivity contribution in [3.8, 4) is 0 Å². The first-order valence-electron chi connectivity index (χ1n) is 5.60. The minimum Gasteiger partial charge on any atom is -0.343 e. The van der Waals surface area contributed by atoms with Gasteiger partial charge in [-0.2, -0.15) is 0 Å². The average Bonchev–Trinajstić information content (AvgIpc) is 2.69. The molecule has 2 amide bonds. The van der Waals surface area contributed by atoms with Crippen molar-refractivity contribution >= 4 is 11.8 Å². The third-order valence-corrected chi connectivity index (χ3v) is 2.54. The van der Waals surface area contributed by atoms with E-state index >= 15 is 0 Å². The van der Waals surface area contributed by atoms with Crippen LogP contribution in [0.5, 0.6) is 0 Å². The van der Waals surface area contributed by atoms with Gasteiger partial charge in [0.15, 0.2) is 0 Å². The van der Waals surface area contributed by atoms with Gasteiger partial charge in [-0.1, -0.05) is 0 Å². The highest BCUT2D eigenvalue weighted by atomic mass is 16.2. The summed E-state index contributed by atoms with van der Waals surface area (Å²) in [5.41, 5.74) is 5.39. The van der Waals surface area contributed by atoms with E-state index in [2.05, 4.69) is 16.0 Å². The zero-order chi connectivity index (χ0) is 12.1. The first-order chi connectivity index (χ1) is 7.50. The third kappa shape index (κ3) is 3.79.